The lowest BCUT2D eigenvalue weighted by molar-refractivity contribution is 0.0737. The van der Waals surface area contributed by atoms with Crippen molar-refractivity contribution in [2.24, 2.45) is 0 Å². The van der Waals surface area contributed by atoms with Gasteiger partial charge in [0.25, 0.3) is 0 Å². The van der Waals surface area contributed by atoms with E-state index in [1.165, 1.54) is 11.1 Å². The zero-order chi connectivity index (χ0) is 15.0. The number of ether oxygens (including phenoxy) is 1. The third kappa shape index (κ3) is 3.07. The normalized spacial score (nSPS) is 30.3. The molecule has 1 aromatic rings. The van der Waals surface area contributed by atoms with Crippen LogP contribution in [0, 0.1) is 0 Å². The molecule has 1 aliphatic carbocycles. The van der Waals surface area contributed by atoms with E-state index in [9.17, 15) is 13.5 Å². The van der Waals surface area contributed by atoms with Gasteiger partial charge in [-0.15, -0.1) is 0 Å². The van der Waals surface area contributed by atoms with Crippen LogP contribution in [0.5, 0.6) is 5.75 Å². The van der Waals surface area contributed by atoms with E-state index in [-0.39, 0.29) is 11.5 Å². The van der Waals surface area contributed by atoms with E-state index in [1.54, 1.807) is 0 Å². The quantitative estimate of drug-likeness (QED) is 0.861. The van der Waals surface area contributed by atoms with Gasteiger partial charge >= 0.3 is 0 Å². The molecule has 3 rings (SSSR count). The zero-order valence-corrected chi connectivity index (χ0v) is 12.9. The molecule has 0 aromatic heterocycles. The lowest BCUT2D eigenvalue weighted by Crippen LogP contribution is -2.29. The van der Waals surface area contributed by atoms with Gasteiger partial charge < -0.3 is 15.2 Å². The maximum Gasteiger partial charge on any atom is 0.156 e. The summed E-state index contributed by atoms with van der Waals surface area (Å²) in [5.41, 5.74) is 2.54. The van der Waals surface area contributed by atoms with Crippen molar-refractivity contribution in [3.63, 3.8) is 0 Å². The highest BCUT2D eigenvalue weighted by atomic mass is 32.2. The van der Waals surface area contributed by atoms with E-state index < -0.39 is 22.0 Å². The number of aryl methyl sites for hydroxylation is 1. The molecule has 0 radical (unpaired) electrons. The molecule has 0 spiro atoms. The van der Waals surface area contributed by atoms with Gasteiger partial charge in [0.2, 0.25) is 0 Å². The molecule has 1 fully saturated rings. The highest BCUT2D eigenvalue weighted by Gasteiger charge is 2.38. The second kappa shape index (κ2) is 5.59. The summed E-state index contributed by atoms with van der Waals surface area (Å²) in [4.78, 5) is 0. The van der Waals surface area contributed by atoms with Crippen LogP contribution in [0.3, 0.4) is 0 Å². The molecule has 0 saturated carbocycles. The molecule has 2 N–H and O–H groups in total. The van der Waals surface area contributed by atoms with Crippen LogP contribution >= 0.6 is 0 Å². The number of sulfone groups is 1. The Morgan fingerprint density at radius 1 is 1.38 bits per heavy atom. The van der Waals surface area contributed by atoms with Gasteiger partial charge in [0.05, 0.1) is 11.5 Å². The van der Waals surface area contributed by atoms with Gasteiger partial charge in [-0.2, -0.15) is 0 Å². The Balaban J connectivity index is 1.74. The predicted molar refractivity (Wildman–Crippen MR) is 80.3 cm³/mol. The average molecular weight is 311 g/mol. The number of aliphatic hydroxyl groups excluding tert-OH is 1. The SMILES string of the molecule is CCNC1CCc2cc(OC3CS(=O)(=O)CC3O)ccc21. The van der Waals surface area contributed by atoms with Gasteiger partial charge in [-0.25, -0.2) is 8.42 Å². The van der Waals surface area contributed by atoms with Gasteiger partial charge in [-0.1, -0.05) is 13.0 Å². The molecule has 5 nitrogen and oxygen atoms in total. The van der Waals surface area contributed by atoms with Crippen molar-refractivity contribution in [3.05, 3.63) is 29.3 Å². The van der Waals surface area contributed by atoms with Crippen LogP contribution in [0.15, 0.2) is 18.2 Å². The first-order chi connectivity index (χ1) is 9.98. The molecule has 2 aliphatic rings. The molecule has 21 heavy (non-hydrogen) atoms. The van der Waals surface area contributed by atoms with E-state index in [2.05, 4.69) is 12.2 Å². The topological polar surface area (TPSA) is 75.6 Å². The van der Waals surface area contributed by atoms with Gasteiger partial charge in [0.1, 0.15) is 18.0 Å². The monoisotopic (exact) mass is 311 g/mol. The predicted octanol–water partition coefficient (Wildman–Crippen LogP) is 0.820. The van der Waals surface area contributed by atoms with Crippen molar-refractivity contribution in [1.82, 2.24) is 5.32 Å². The summed E-state index contributed by atoms with van der Waals surface area (Å²) in [5, 5.41) is 13.2. The molecule has 1 saturated heterocycles. The first-order valence-corrected chi connectivity index (χ1v) is 9.22. The summed E-state index contributed by atoms with van der Waals surface area (Å²) in [6.45, 7) is 3.03. The Hall–Kier alpha value is -1.11. The molecule has 3 atom stereocenters. The first-order valence-electron chi connectivity index (χ1n) is 7.40. The van der Waals surface area contributed by atoms with E-state index in [1.807, 2.05) is 18.2 Å². The van der Waals surface area contributed by atoms with Gasteiger partial charge in [-0.3, -0.25) is 0 Å². The number of aliphatic hydroxyl groups is 1. The molecule has 0 bridgehead atoms. The third-order valence-corrected chi connectivity index (χ3v) is 5.89. The Morgan fingerprint density at radius 3 is 2.86 bits per heavy atom. The van der Waals surface area contributed by atoms with Crippen LogP contribution in [-0.2, 0) is 16.3 Å². The first kappa shape index (κ1) is 14.8. The van der Waals surface area contributed by atoms with Gasteiger partial charge in [0, 0.05) is 6.04 Å². The minimum Gasteiger partial charge on any atom is -0.487 e. The third-order valence-electron chi connectivity index (χ3n) is 4.20. The molecule has 6 heteroatoms. The molecule has 1 aliphatic heterocycles. The van der Waals surface area contributed by atoms with E-state index >= 15 is 0 Å². The molecule has 0 amide bonds. The van der Waals surface area contributed by atoms with Crippen LogP contribution in [-0.4, -0.2) is 43.8 Å². The molecule has 1 heterocycles. The Bertz CT molecular complexity index is 629. The number of benzene rings is 1. The zero-order valence-electron chi connectivity index (χ0n) is 12.1. The number of hydrogen-bond donors (Lipinski definition) is 2. The Labute approximate surface area is 125 Å². The lowest BCUT2D eigenvalue weighted by Gasteiger charge is -2.17. The largest absolute Gasteiger partial charge is 0.487 e. The summed E-state index contributed by atoms with van der Waals surface area (Å²) >= 11 is 0. The summed E-state index contributed by atoms with van der Waals surface area (Å²) < 4.78 is 28.7. The molecular formula is C15H21NO4S. The van der Waals surface area contributed by atoms with E-state index in [0.29, 0.717) is 11.8 Å². The molecular weight excluding hydrogens is 290 g/mol. The second-order valence-electron chi connectivity index (χ2n) is 5.81. The van der Waals surface area contributed by atoms with Crippen molar-refractivity contribution in [2.75, 3.05) is 18.1 Å². The van der Waals surface area contributed by atoms with Gasteiger partial charge in [0.15, 0.2) is 9.84 Å². The van der Waals surface area contributed by atoms with Crippen LogP contribution in [0.1, 0.15) is 30.5 Å². The standard InChI is InChI=1S/C15H21NO4S/c1-2-16-13-6-3-10-7-11(4-5-12(10)13)20-15-9-21(18,19)8-14(15)17/h4-5,7,13-17H,2-3,6,8-9H2,1H3. The average Bonchev–Trinajstić information content (AvgIpc) is 2.91. The van der Waals surface area contributed by atoms with Crippen molar-refractivity contribution < 1.29 is 18.3 Å². The highest BCUT2D eigenvalue weighted by Crippen LogP contribution is 2.34. The maximum atomic E-state index is 11.5. The fraction of sp³-hybridized carbons (Fsp3) is 0.600. The Morgan fingerprint density at radius 2 is 2.19 bits per heavy atom. The number of nitrogens with one attached hydrogen (secondary N) is 1. The van der Waals surface area contributed by atoms with Crippen molar-refractivity contribution in [1.29, 1.82) is 0 Å². The van der Waals surface area contributed by atoms with Crippen molar-refractivity contribution in [3.8, 4) is 5.75 Å². The second-order valence-corrected chi connectivity index (χ2v) is 7.96. The smallest absolute Gasteiger partial charge is 0.156 e. The summed E-state index contributed by atoms with van der Waals surface area (Å²) in [5.74, 6) is 0.336. The van der Waals surface area contributed by atoms with Gasteiger partial charge in [-0.05, 0) is 42.6 Å². The molecule has 116 valence electrons. The fourth-order valence-corrected chi connectivity index (χ4v) is 4.87. The molecule has 3 unspecified atom stereocenters. The van der Waals surface area contributed by atoms with Crippen molar-refractivity contribution >= 4 is 9.84 Å². The minimum atomic E-state index is -3.18. The summed E-state index contributed by atoms with van der Waals surface area (Å²) in [6.07, 6.45) is 0.486. The van der Waals surface area contributed by atoms with Crippen molar-refractivity contribution in [2.45, 2.75) is 38.0 Å². The molecule has 1 aromatic carbocycles. The van der Waals surface area contributed by atoms with Crippen LogP contribution in [0.2, 0.25) is 0 Å². The van der Waals surface area contributed by atoms with Crippen LogP contribution in [0.4, 0.5) is 0 Å². The van der Waals surface area contributed by atoms with Crippen LogP contribution < -0.4 is 10.1 Å². The lowest BCUT2D eigenvalue weighted by atomic mass is 10.1. The number of rotatable bonds is 4. The summed E-state index contributed by atoms with van der Waals surface area (Å²) in [7, 11) is -3.18. The fourth-order valence-electron chi connectivity index (χ4n) is 3.21. The van der Waals surface area contributed by atoms with E-state index in [4.69, 9.17) is 4.74 Å². The number of hydrogen-bond acceptors (Lipinski definition) is 5. The highest BCUT2D eigenvalue weighted by molar-refractivity contribution is 7.91. The summed E-state index contributed by atoms with van der Waals surface area (Å²) in [6, 6.07) is 6.29. The number of fused-ring (bicyclic) bond motifs is 1. The minimum absolute atomic E-state index is 0.106. The van der Waals surface area contributed by atoms with Crippen LogP contribution in [0.25, 0.3) is 0 Å². The van der Waals surface area contributed by atoms with E-state index in [0.717, 1.165) is 19.4 Å². The maximum absolute atomic E-state index is 11.5. The Kier molecular flexibility index (Phi) is 3.94.